The lowest BCUT2D eigenvalue weighted by atomic mass is 9.94. The fraction of sp³-hybridized carbons (Fsp3) is 0.353. The van der Waals surface area contributed by atoms with Gasteiger partial charge in [0.05, 0.1) is 0 Å². The van der Waals surface area contributed by atoms with Gasteiger partial charge < -0.3 is 10.1 Å². The molecule has 0 saturated carbocycles. The molecule has 1 aliphatic rings. The highest BCUT2D eigenvalue weighted by Gasteiger charge is 2.16. The lowest BCUT2D eigenvalue weighted by Crippen LogP contribution is -2.27. The lowest BCUT2D eigenvalue weighted by Gasteiger charge is -2.22. The van der Waals surface area contributed by atoms with E-state index in [1.807, 2.05) is 18.2 Å². The Morgan fingerprint density at radius 1 is 1.10 bits per heavy atom. The minimum Gasteiger partial charge on any atom is -0.473 e. The summed E-state index contributed by atoms with van der Waals surface area (Å²) in [4.78, 5) is 4.57. The molecule has 0 atom stereocenters. The fourth-order valence-electron chi connectivity index (χ4n) is 2.62. The van der Waals surface area contributed by atoms with Gasteiger partial charge in [-0.05, 0) is 38.1 Å². The van der Waals surface area contributed by atoms with Crippen LogP contribution in [0.15, 0.2) is 42.5 Å². The van der Waals surface area contributed by atoms with Crippen LogP contribution >= 0.6 is 0 Å². The molecule has 1 aliphatic heterocycles. The maximum atomic E-state index is 13.6. The summed E-state index contributed by atoms with van der Waals surface area (Å²) in [6, 6.07) is 12.5. The summed E-state index contributed by atoms with van der Waals surface area (Å²) in [5, 5.41) is 3.35. The van der Waals surface area contributed by atoms with Crippen molar-refractivity contribution in [2.24, 2.45) is 0 Å². The molecular weight excluding hydrogens is 267 g/mol. The van der Waals surface area contributed by atoms with E-state index in [1.54, 1.807) is 18.2 Å². The van der Waals surface area contributed by atoms with Gasteiger partial charge in [0.25, 0.3) is 0 Å². The van der Waals surface area contributed by atoms with E-state index in [-0.39, 0.29) is 12.4 Å². The molecule has 3 rings (SSSR count). The zero-order valence-electron chi connectivity index (χ0n) is 11.9. The lowest BCUT2D eigenvalue weighted by molar-refractivity contribution is 0.286. The van der Waals surface area contributed by atoms with Gasteiger partial charge in [0.2, 0.25) is 5.88 Å². The van der Waals surface area contributed by atoms with Gasteiger partial charge in [-0.25, -0.2) is 9.37 Å². The quantitative estimate of drug-likeness (QED) is 0.936. The van der Waals surface area contributed by atoms with E-state index >= 15 is 0 Å². The van der Waals surface area contributed by atoms with Gasteiger partial charge in [-0.15, -0.1) is 0 Å². The molecule has 1 aromatic carbocycles. The normalized spacial score (nSPS) is 15.9. The first-order valence-corrected chi connectivity index (χ1v) is 7.37. The van der Waals surface area contributed by atoms with Gasteiger partial charge in [-0.3, -0.25) is 0 Å². The number of pyridine rings is 1. The van der Waals surface area contributed by atoms with Gasteiger partial charge in [0.1, 0.15) is 12.4 Å². The molecule has 110 valence electrons. The van der Waals surface area contributed by atoms with E-state index in [2.05, 4.69) is 10.3 Å². The molecule has 21 heavy (non-hydrogen) atoms. The molecule has 1 aromatic heterocycles. The van der Waals surface area contributed by atoms with Gasteiger partial charge >= 0.3 is 0 Å². The highest BCUT2D eigenvalue weighted by atomic mass is 19.1. The van der Waals surface area contributed by atoms with Crippen LogP contribution in [0.1, 0.15) is 30.0 Å². The SMILES string of the molecule is Fc1ccccc1COc1cccc(C2CCNCC2)n1. The van der Waals surface area contributed by atoms with Crippen molar-refractivity contribution in [3.05, 3.63) is 59.5 Å². The average molecular weight is 286 g/mol. The van der Waals surface area contributed by atoms with Crippen LogP contribution in [0, 0.1) is 5.82 Å². The Morgan fingerprint density at radius 2 is 1.90 bits per heavy atom. The molecule has 0 bridgehead atoms. The molecule has 4 heteroatoms. The molecule has 2 aromatic rings. The number of halogens is 1. The van der Waals surface area contributed by atoms with E-state index in [9.17, 15) is 4.39 Å². The van der Waals surface area contributed by atoms with Crippen molar-refractivity contribution >= 4 is 0 Å². The summed E-state index contributed by atoms with van der Waals surface area (Å²) in [6.07, 6.45) is 2.20. The predicted octanol–water partition coefficient (Wildman–Crippen LogP) is 3.27. The number of hydrogen-bond donors (Lipinski definition) is 1. The van der Waals surface area contributed by atoms with Gasteiger partial charge in [0, 0.05) is 23.2 Å². The van der Waals surface area contributed by atoms with Crippen LogP contribution in [-0.4, -0.2) is 18.1 Å². The number of aromatic nitrogens is 1. The first-order chi connectivity index (χ1) is 10.3. The number of piperidine rings is 1. The van der Waals surface area contributed by atoms with Crippen LogP contribution in [-0.2, 0) is 6.61 Å². The highest BCUT2D eigenvalue weighted by molar-refractivity contribution is 5.21. The van der Waals surface area contributed by atoms with Crippen molar-refractivity contribution in [2.45, 2.75) is 25.4 Å². The van der Waals surface area contributed by atoms with Crippen LogP contribution in [0.5, 0.6) is 5.88 Å². The second-order valence-electron chi connectivity index (χ2n) is 5.31. The number of benzene rings is 1. The average Bonchev–Trinajstić information content (AvgIpc) is 2.55. The largest absolute Gasteiger partial charge is 0.473 e. The summed E-state index contributed by atoms with van der Waals surface area (Å²) in [7, 11) is 0. The van der Waals surface area contributed by atoms with Crippen molar-refractivity contribution in [2.75, 3.05) is 13.1 Å². The zero-order valence-corrected chi connectivity index (χ0v) is 11.9. The molecule has 0 aliphatic carbocycles. The molecule has 0 radical (unpaired) electrons. The topological polar surface area (TPSA) is 34.1 Å². The van der Waals surface area contributed by atoms with Crippen molar-refractivity contribution in [1.29, 1.82) is 0 Å². The second kappa shape index (κ2) is 6.68. The zero-order chi connectivity index (χ0) is 14.5. The van der Waals surface area contributed by atoms with Crippen LogP contribution in [0.25, 0.3) is 0 Å². The molecule has 1 saturated heterocycles. The van der Waals surface area contributed by atoms with E-state index in [1.165, 1.54) is 6.07 Å². The molecule has 0 spiro atoms. The minimum atomic E-state index is -0.244. The van der Waals surface area contributed by atoms with Crippen molar-refractivity contribution in [3.8, 4) is 5.88 Å². The van der Waals surface area contributed by atoms with E-state index in [4.69, 9.17) is 4.74 Å². The molecule has 0 unspecified atom stereocenters. The van der Waals surface area contributed by atoms with Gasteiger partial charge in [-0.2, -0.15) is 0 Å². The number of rotatable bonds is 4. The minimum absolute atomic E-state index is 0.204. The monoisotopic (exact) mass is 286 g/mol. The molecule has 2 heterocycles. The summed E-state index contributed by atoms with van der Waals surface area (Å²) < 4.78 is 19.2. The van der Waals surface area contributed by atoms with Crippen molar-refractivity contribution in [3.63, 3.8) is 0 Å². The van der Waals surface area contributed by atoms with Crippen LogP contribution in [0.3, 0.4) is 0 Å². The Hall–Kier alpha value is -1.94. The third kappa shape index (κ3) is 3.58. The summed E-state index contributed by atoms with van der Waals surface area (Å²) >= 11 is 0. The predicted molar refractivity (Wildman–Crippen MR) is 79.8 cm³/mol. The van der Waals surface area contributed by atoms with E-state index in [0.29, 0.717) is 17.4 Å². The summed E-state index contributed by atoms with van der Waals surface area (Å²) in [5.74, 6) is 0.810. The standard InChI is InChI=1S/C17H19FN2O/c18-15-5-2-1-4-14(15)12-21-17-7-3-6-16(20-17)13-8-10-19-11-9-13/h1-7,13,19H,8-12H2. The Balaban J connectivity index is 1.67. The smallest absolute Gasteiger partial charge is 0.213 e. The van der Waals surface area contributed by atoms with E-state index in [0.717, 1.165) is 31.6 Å². The van der Waals surface area contributed by atoms with Crippen LogP contribution in [0.2, 0.25) is 0 Å². The van der Waals surface area contributed by atoms with Gasteiger partial charge in [-0.1, -0.05) is 24.3 Å². The first kappa shape index (κ1) is 14.0. The Labute approximate surface area is 124 Å². The number of nitrogens with one attached hydrogen (secondary N) is 1. The molecule has 0 amide bonds. The summed E-state index contributed by atoms with van der Waals surface area (Å²) in [5.41, 5.74) is 1.62. The third-order valence-corrected chi connectivity index (χ3v) is 3.84. The van der Waals surface area contributed by atoms with Crippen LogP contribution < -0.4 is 10.1 Å². The highest BCUT2D eigenvalue weighted by Crippen LogP contribution is 2.25. The molecule has 1 N–H and O–H groups in total. The van der Waals surface area contributed by atoms with Gasteiger partial charge in [0.15, 0.2) is 0 Å². The van der Waals surface area contributed by atoms with Crippen LogP contribution in [0.4, 0.5) is 4.39 Å². The van der Waals surface area contributed by atoms with Crippen molar-refractivity contribution < 1.29 is 9.13 Å². The maximum Gasteiger partial charge on any atom is 0.213 e. The second-order valence-corrected chi connectivity index (χ2v) is 5.31. The molecule has 3 nitrogen and oxygen atoms in total. The molecular formula is C17H19FN2O. The summed E-state index contributed by atoms with van der Waals surface area (Å²) in [6.45, 7) is 2.27. The number of hydrogen-bond acceptors (Lipinski definition) is 3. The molecule has 1 fully saturated rings. The Kier molecular flexibility index (Phi) is 4.46. The maximum absolute atomic E-state index is 13.6. The van der Waals surface area contributed by atoms with E-state index < -0.39 is 0 Å². The Morgan fingerprint density at radius 3 is 2.71 bits per heavy atom. The first-order valence-electron chi connectivity index (χ1n) is 7.37. The van der Waals surface area contributed by atoms with Crippen molar-refractivity contribution in [1.82, 2.24) is 10.3 Å². The third-order valence-electron chi connectivity index (χ3n) is 3.84. The Bertz CT molecular complexity index is 597. The fourth-order valence-corrected chi connectivity index (χ4v) is 2.62. The number of ether oxygens (including phenoxy) is 1. The number of nitrogens with zero attached hydrogens (tertiary/aromatic N) is 1.